The van der Waals surface area contributed by atoms with Gasteiger partial charge in [0, 0.05) is 46.3 Å². The van der Waals surface area contributed by atoms with E-state index in [4.69, 9.17) is 21.1 Å². The van der Waals surface area contributed by atoms with Crippen molar-refractivity contribution < 1.29 is 18.7 Å². The molecule has 0 N–H and O–H groups in total. The monoisotopic (exact) mass is 449 g/mol. The van der Waals surface area contributed by atoms with E-state index < -0.39 is 5.82 Å². The van der Waals surface area contributed by atoms with Gasteiger partial charge < -0.3 is 14.4 Å². The van der Waals surface area contributed by atoms with Crippen LogP contribution in [0.3, 0.4) is 0 Å². The highest BCUT2D eigenvalue weighted by Gasteiger charge is 2.20. The lowest BCUT2D eigenvalue weighted by Gasteiger charge is -2.34. The Hall–Kier alpha value is -2.35. The molecule has 1 saturated heterocycles. The van der Waals surface area contributed by atoms with Crippen LogP contribution in [0.25, 0.3) is 0 Å². The zero-order valence-electron chi connectivity index (χ0n) is 18.0. The number of hydrogen-bond acceptors (Lipinski definition) is 5. The zero-order chi connectivity index (χ0) is 22.2. The third-order valence-electron chi connectivity index (χ3n) is 5.39. The van der Waals surface area contributed by atoms with Gasteiger partial charge in [-0.3, -0.25) is 14.6 Å². The second-order valence-electron chi connectivity index (χ2n) is 7.62. The Morgan fingerprint density at radius 3 is 2.48 bits per heavy atom. The van der Waals surface area contributed by atoms with E-state index in [0.717, 1.165) is 38.3 Å². The van der Waals surface area contributed by atoms with Crippen LogP contribution in [-0.4, -0.2) is 80.6 Å². The second-order valence-corrected chi connectivity index (χ2v) is 8.02. The number of hydrogen-bond donors (Lipinski definition) is 0. The number of nitrogens with zero attached hydrogens (tertiary/aromatic N) is 3. The average molecular weight is 450 g/mol. The molecule has 1 aliphatic rings. The van der Waals surface area contributed by atoms with Crippen LogP contribution in [0, 0.1) is 5.82 Å². The Morgan fingerprint density at radius 1 is 1.10 bits per heavy atom. The number of carbonyl (C=O) groups excluding carboxylic acids is 1. The third kappa shape index (κ3) is 6.82. The minimum absolute atomic E-state index is 0.0201. The molecule has 0 spiro atoms. The van der Waals surface area contributed by atoms with Gasteiger partial charge in [0.25, 0.3) is 0 Å². The van der Waals surface area contributed by atoms with Gasteiger partial charge in [0.15, 0.2) is 11.6 Å². The first kappa shape index (κ1) is 23.3. The van der Waals surface area contributed by atoms with Crippen molar-refractivity contribution in [2.45, 2.75) is 6.54 Å². The molecule has 0 aliphatic carbocycles. The molecule has 0 radical (unpaired) electrons. The molecule has 0 bridgehead atoms. The summed E-state index contributed by atoms with van der Waals surface area (Å²) in [6.45, 7) is 5.52. The van der Waals surface area contributed by atoms with E-state index in [1.807, 2.05) is 24.3 Å². The number of amides is 1. The smallest absolute Gasteiger partial charge is 0.236 e. The molecule has 1 amide bonds. The summed E-state index contributed by atoms with van der Waals surface area (Å²) in [5.41, 5.74) is 0.734. The van der Waals surface area contributed by atoms with Crippen LogP contribution >= 0.6 is 11.6 Å². The summed E-state index contributed by atoms with van der Waals surface area (Å²) in [5, 5.41) is 0.618. The Labute approximate surface area is 188 Å². The highest BCUT2D eigenvalue weighted by atomic mass is 35.5. The van der Waals surface area contributed by atoms with Crippen LogP contribution in [-0.2, 0) is 11.3 Å². The van der Waals surface area contributed by atoms with Crippen LogP contribution in [0.5, 0.6) is 11.5 Å². The van der Waals surface area contributed by atoms with Crippen LogP contribution in [0.4, 0.5) is 4.39 Å². The first-order valence-corrected chi connectivity index (χ1v) is 10.7. The third-order valence-corrected chi connectivity index (χ3v) is 5.70. The van der Waals surface area contributed by atoms with Crippen molar-refractivity contribution in [2.24, 2.45) is 0 Å². The van der Waals surface area contributed by atoms with Crippen LogP contribution in [0.1, 0.15) is 5.56 Å². The van der Waals surface area contributed by atoms with Crippen LogP contribution in [0.2, 0.25) is 5.02 Å². The van der Waals surface area contributed by atoms with Gasteiger partial charge in [-0.15, -0.1) is 0 Å². The highest BCUT2D eigenvalue weighted by molar-refractivity contribution is 6.32. The fraction of sp³-hybridized carbons (Fsp3) is 0.435. The van der Waals surface area contributed by atoms with E-state index in [1.54, 1.807) is 24.1 Å². The van der Waals surface area contributed by atoms with Crippen molar-refractivity contribution in [3.8, 4) is 11.5 Å². The van der Waals surface area contributed by atoms with Gasteiger partial charge in [-0.25, -0.2) is 4.39 Å². The van der Waals surface area contributed by atoms with Crippen LogP contribution in [0.15, 0.2) is 42.5 Å². The maximum atomic E-state index is 13.9. The molecule has 6 nitrogen and oxygen atoms in total. The minimum Gasteiger partial charge on any atom is -0.494 e. The van der Waals surface area contributed by atoms with E-state index >= 15 is 0 Å². The van der Waals surface area contributed by atoms with Gasteiger partial charge in [0.05, 0.1) is 18.7 Å². The van der Waals surface area contributed by atoms with Gasteiger partial charge in [-0.1, -0.05) is 29.8 Å². The Morgan fingerprint density at radius 2 is 1.81 bits per heavy atom. The number of rotatable bonds is 9. The second kappa shape index (κ2) is 11.3. The lowest BCUT2D eigenvalue weighted by Crippen LogP contribution is -2.50. The van der Waals surface area contributed by atoms with Crippen LogP contribution < -0.4 is 9.47 Å². The highest BCUT2D eigenvalue weighted by Crippen LogP contribution is 2.23. The fourth-order valence-corrected chi connectivity index (χ4v) is 3.69. The summed E-state index contributed by atoms with van der Waals surface area (Å²) in [6, 6.07) is 12.2. The summed E-state index contributed by atoms with van der Waals surface area (Å²) in [7, 11) is 3.17. The molecule has 0 aromatic heterocycles. The molecule has 8 heteroatoms. The van der Waals surface area contributed by atoms with E-state index in [1.165, 1.54) is 13.2 Å². The van der Waals surface area contributed by atoms with Crippen molar-refractivity contribution in [3.63, 3.8) is 0 Å². The lowest BCUT2D eigenvalue weighted by atomic mass is 10.2. The SMILES string of the molecule is COc1ccc(CN(C)C(=O)CN2CCN(CCOc3ccccc3Cl)CC2)cc1F. The molecular formula is C23H29ClFN3O3. The van der Waals surface area contributed by atoms with Gasteiger partial charge in [-0.05, 0) is 29.8 Å². The number of benzene rings is 2. The first-order chi connectivity index (χ1) is 15.0. The maximum Gasteiger partial charge on any atom is 0.236 e. The van der Waals surface area contributed by atoms with E-state index in [-0.39, 0.29) is 11.7 Å². The van der Waals surface area contributed by atoms with E-state index in [9.17, 15) is 9.18 Å². The number of carbonyl (C=O) groups is 1. The summed E-state index contributed by atoms with van der Waals surface area (Å²) >= 11 is 6.11. The van der Waals surface area contributed by atoms with E-state index in [0.29, 0.717) is 30.5 Å². The zero-order valence-corrected chi connectivity index (χ0v) is 18.8. The number of methoxy groups -OCH3 is 1. The predicted octanol–water partition coefficient (Wildman–Crippen LogP) is 3.14. The van der Waals surface area contributed by atoms with Crippen molar-refractivity contribution in [1.82, 2.24) is 14.7 Å². The standard InChI is InChI=1S/C23H29ClFN3O3/c1-26(16-18-7-8-22(30-2)20(25)15-18)23(29)17-28-11-9-27(10-12-28)13-14-31-21-6-4-3-5-19(21)24/h3-8,15H,9-14,16-17H2,1-2H3. The molecule has 1 fully saturated rings. The van der Waals surface area contributed by atoms with Gasteiger partial charge in [0.2, 0.25) is 5.91 Å². The molecule has 1 heterocycles. The average Bonchev–Trinajstić information content (AvgIpc) is 2.76. The predicted molar refractivity (Wildman–Crippen MR) is 119 cm³/mol. The minimum atomic E-state index is -0.421. The summed E-state index contributed by atoms with van der Waals surface area (Å²) in [5.74, 6) is 0.503. The Bertz CT molecular complexity index is 875. The fourth-order valence-electron chi connectivity index (χ4n) is 3.50. The Balaban J connectivity index is 1.37. The van der Waals surface area contributed by atoms with Crippen molar-refractivity contribution >= 4 is 17.5 Å². The normalized spacial score (nSPS) is 15.0. The molecule has 0 atom stereocenters. The number of piperazine rings is 1. The number of halogens is 2. The number of ether oxygens (including phenoxy) is 2. The first-order valence-electron chi connectivity index (χ1n) is 10.3. The molecule has 2 aromatic carbocycles. The molecule has 1 aliphatic heterocycles. The molecule has 31 heavy (non-hydrogen) atoms. The Kier molecular flexibility index (Phi) is 8.51. The molecule has 168 valence electrons. The molecule has 2 aromatic rings. The molecule has 0 saturated carbocycles. The lowest BCUT2D eigenvalue weighted by molar-refractivity contribution is -0.132. The molecular weight excluding hydrogens is 421 g/mol. The van der Waals surface area contributed by atoms with Gasteiger partial charge in [0.1, 0.15) is 12.4 Å². The van der Waals surface area contributed by atoms with E-state index in [2.05, 4.69) is 9.80 Å². The maximum absolute atomic E-state index is 13.9. The summed E-state index contributed by atoms with van der Waals surface area (Å²) in [6.07, 6.45) is 0. The number of likely N-dealkylation sites (N-methyl/N-ethyl adjacent to an activating group) is 1. The van der Waals surface area contributed by atoms with Gasteiger partial charge >= 0.3 is 0 Å². The molecule has 3 rings (SSSR count). The molecule has 0 unspecified atom stereocenters. The summed E-state index contributed by atoms with van der Waals surface area (Å²) < 4.78 is 24.6. The largest absolute Gasteiger partial charge is 0.494 e. The quantitative estimate of drug-likeness (QED) is 0.588. The number of para-hydroxylation sites is 1. The van der Waals surface area contributed by atoms with Gasteiger partial charge in [-0.2, -0.15) is 0 Å². The van der Waals surface area contributed by atoms with Crippen molar-refractivity contribution in [2.75, 3.05) is 60.0 Å². The summed E-state index contributed by atoms with van der Waals surface area (Å²) in [4.78, 5) is 18.7. The topological polar surface area (TPSA) is 45.2 Å². The van der Waals surface area contributed by atoms with Crippen molar-refractivity contribution in [3.05, 3.63) is 58.9 Å². The van der Waals surface area contributed by atoms with Crippen molar-refractivity contribution in [1.29, 1.82) is 0 Å².